The highest BCUT2D eigenvalue weighted by atomic mass is 35.5. The SMILES string of the molecule is CNc1ccnc2c(OC)cc(Cl)c(OC)c12. The molecule has 0 radical (unpaired) electrons. The van der Waals surface area contributed by atoms with Gasteiger partial charge in [-0.25, -0.2) is 0 Å². The number of anilines is 1. The number of rotatable bonds is 3. The molecule has 0 atom stereocenters. The number of fused-ring (bicyclic) bond motifs is 1. The van der Waals surface area contributed by atoms with Crippen LogP contribution in [-0.4, -0.2) is 26.3 Å². The van der Waals surface area contributed by atoms with Gasteiger partial charge in [-0.3, -0.25) is 4.98 Å². The lowest BCUT2D eigenvalue weighted by Crippen LogP contribution is -1.97. The maximum atomic E-state index is 6.16. The monoisotopic (exact) mass is 252 g/mol. The molecule has 0 spiro atoms. The summed E-state index contributed by atoms with van der Waals surface area (Å²) in [4.78, 5) is 4.31. The first kappa shape index (κ1) is 11.8. The Morgan fingerprint density at radius 3 is 2.65 bits per heavy atom. The number of halogens is 1. The molecule has 1 heterocycles. The molecular formula is C12H13ClN2O2. The van der Waals surface area contributed by atoms with Crippen molar-refractivity contribution in [2.75, 3.05) is 26.6 Å². The third kappa shape index (κ3) is 1.85. The number of nitrogens with one attached hydrogen (secondary N) is 1. The van der Waals surface area contributed by atoms with Crippen LogP contribution in [0.25, 0.3) is 10.9 Å². The molecular weight excluding hydrogens is 240 g/mol. The number of methoxy groups -OCH3 is 2. The molecule has 0 bridgehead atoms. The second-order valence-electron chi connectivity index (χ2n) is 3.43. The van der Waals surface area contributed by atoms with Crippen molar-refractivity contribution in [1.82, 2.24) is 4.98 Å². The molecule has 2 aromatic rings. The van der Waals surface area contributed by atoms with Crippen LogP contribution < -0.4 is 14.8 Å². The van der Waals surface area contributed by atoms with E-state index in [0.717, 1.165) is 16.6 Å². The number of benzene rings is 1. The standard InChI is InChI=1S/C12H13ClN2O2/c1-14-8-4-5-15-11-9(16-2)6-7(13)12(17-3)10(8)11/h4-6H,1-3H3,(H,14,15). The fourth-order valence-corrected chi connectivity index (χ4v) is 2.08. The van der Waals surface area contributed by atoms with Crippen molar-refractivity contribution in [3.05, 3.63) is 23.4 Å². The van der Waals surface area contributed by atoms with Crippen LogP contribution in [0.2, 0.25) is 5.02 Å². The number of pyridine rings is 1. The van der Waals surface area contributed by atoms with Crippen molar-refractivity contribution in [3.63, 3.8) is 0 Å². The first-order valence-corrected chi connectivity index (χ1v) is 5.47. The summed E-state index contributed by atoms with van der Waals surface area (Å²) in [6, 6.07) is 3.57. The number of aromatic nitrogens is 1. The second kappa shape index (κ2) is 4.67. The molecule has 17 heavy (non-hydrogen) atoms. The molecule has 0 saturated carbocycles. The van der Waals surface area contributed by atoms with Crippen LogP contribution >= 0.6 is 11.6 Å². The molecule has 0 unspecified atom stereocenters. The zero-order valence-corrected chi connectivity index (χ0v) is 10.6. The van der Waals surface area contributed by atoms with E-state index in [1.807, 2.05) is 13.1 Å². The summed E-state index contributed by atoms with van der Waals surface area (Å²) in [6.45, 7) is 0. The molecule has 1 N–H and O–H groups in total. The minimum atomic E-state index is 0.501. The lowest BCUT2D eigenvalue weighted by molar-refractivity contribution is 0.410. The van der Waals surface area contributed by atoms with E-state index in [2.05, 4.69) is 10.3 Å². The first-order chi connectivity index (χ1) is 8.22. The van der Waals surface area contributed by atoms with Gasteiger partial charge in [0.25, 0.3) is 0 Å². The lowest BCUT2D eigenvalue weighted by Gasteiger charge is -2.13. The topological polar surface area (TPSA) is 43.4 Å². The number of ether oxygens (including phenoxy) is 2. The van der Waals surface area contributed by atoms with Gasteiger partial charge in [-0.15, -0.1) is 0 Å². The van der Waals surface area contributed by atoms with E-state index in [9.17, 15) is 0 Å². The highest BCUT2D eigenvalue weighted by Crippen LogP contribution is 2.41. The van der Waals surface area contributed by atoms with Crippen molar-refractivity contribution in [1.29, 1.82) is 0 Å². The van der Waals surface area contributed by atoms with Crippen molar-refractivity contribution in [2.24, 2.45) is 0 Å². The molecule has 0 saturated heterocycles. The minimum Gasteiger partial charge on any atom is -0.494 e. The summed E-state index contributed by atoms with van der Waals surface area (Å²) in [5.74, 6) is 1.22. The van der Waals surface area contributed by atoms with Crippen molar-refractivity contribution >= 4 is 28.2 Å². The molecule has 0 aliphatic carbocycles. The van der Waals surface area contributed by atoms with Gasteiger partial charge in [0.05, 0.1) is 24.6 Å². The lowest BCUT2D eigenvalue weighted by atomic mass is 10.1. The number of hydrogen-bond donors (Lipinski definition) is 1. The minimum absolute atomic E-state index is 0.501. The molecule has 0 amide bonds. The number of nitrogens with zero attached hydrogens (tertiary/aromatic N) is 1. The summed E-state index contributed by atoms with van der Waals surface area (Å²) in [5.41, 5.74) is 1.62. The van der Waals surface area contributed by atoms with Crippen LogP contribution in [0.15, 0.2) is 18.3 Å². The fraction of sp³-hybridized carbons (Fsp3) is 0.250. The van der Waals surface area contributed by atoms with E-state index >= 15 is 0 Å². The zero-order valence-electron chi connectivity index (χ0n) is 9.87. The maximum Gasteiger partial charge on any atom is 0.149 e. The third-order valence-corrected chi connectivity index (χ3v) is 2.86. The molecule has 5 heteroatoms. The zero-order chi connectivity index (χ0) is 12.4. The van der Waals surface area contributed by atoms with Crippen molar-refractivity contribution in [2.45, 2.75) is 0 Å². The Hall–Kier alpha value is -1.68. The second-order valence-corrected chi connectivity index (χ2v) is 3.83. The summed E-state index contributed by atoms with van der Waals surface area (Å²) >= 11 is 6.16. The van der Waals surface area contributed by atoms with Crippen LogP contribution in [-0.2, 0) is 0 Å². The number of hydrogen-bond acceptors (Lipinski definition) is 4. The van der Waals surface area contributed by atoms with Gasteiger partial charge in [-0.2, -0.15) is 0 Å². The van der Waals surface area contributed by atoms with Gasteiger partial charge in [0.15, 0.2) is 0 Å². The predicted molar refractivity (Wildman–Crippen MR) is 69.4 cm³/mol. The van der Waals surface area contributed by atoms with Gasteiger partial charge in [0.1, 0.15) is 17.0 Å². The molecule has 0 fully saturated rings. The average molecular weight is 253 g/mol. The molecule has 2 rings (SSSR count). The fourth-order valence-electron chi connectivity index (χ4n) is 1.81. The Morgan fingerprint density at radius 2 is 2.06 bits per heavy atom. The molecule has 4 nitrogen and oxygen atoms in total. The highest BCUT2D eigenvalue weighted by Gasteiger charge is 2.15. The van der Waals surface area contributed by atoms with Crippen molar-refractivity contribution < 1.29 is 9.47 Å². The van der Waals surface area contributed by atoms with Crippen LogP contribution in [0.3, 0.4) is 0 Å². The largest absolute Gasteiger partial charge is 0.494 e. The molecule has 1 aromatic carbocycles. The summed E-state index contributed by atoms with van der Waals surface area (Å²) < 4.78 is 10.6. The van der Waals surface area contributed by atoms with Gasteiger partial charge >= 0.3 is 0 Å². The molecule has 0 aliphatic rings. The normalized spacial score (nSPS) is 10.4. The smallest absolute Gasteiger partial charge is 0.149 e. The van der Waals surface area contributed by atoms with Gasteiger partial charge in [-0.05, 0) is 6.07 Å². The van der Waals surface area contributed by atoms with Crippen LogP contribution in [0.5, 0.6) is 11.5 Å². The Bertz CT molecular complexity index is 558. The Balaban J connectivity index is 2.92. The van der Waals surface area contributed by atoms with Gasteiger partial charge in [0.2, 0.25) is 0 Å². The molecule has 0 aliphatic heterocycles. The van der Waals surface area contributed by atoms with E-state index in [-0.39, 0.29) is 0 Å². The summed E-state index contributed by atoms with van der Waals surface area (Å²) in [7, 11) is 5.01. The summed E-state index contributed by atoms with van der Waals surface area (Å²) in [5, 5.41) is 4.41. The Morgan fingerprint density at radius 1 is 1.29 bits per heavy atom. The summed E-state index contributed by atoms with van der Waals surface area (Å²) in [6.07, 6.45) is 1.71. The Labute approximate surface area is 105 Å². The van der Waals surface area contributed by atoms with E-state index in [1.54, 1.807) is 26.5 Å². The maximum absolute atomic E-state index is 6.16. The van der Waals surface area contributed by atoms with E-state index in [0.29, 0.717) is 16.5 Å². The van der Waals surface area contributed by atoms with Crippen LogP contribution in [0.1, 0.15) is 0 Å². The van der Waals surface area contributed by atoms with Crippen LogP contribution in [0.4, 0.5) is 5.69 Å². The highest BCUT2D eigenvalue weighted by molar-refractivity contribution is 6.34. The Kier molecular flexibility index (Phi) is 3.24. The third-order valence-electron chi connectivity index (χ3n) is 2.58. The first-order valence-electron chi connectivity index (χ1n) is 5.09. The van der Waals surface area contributed by atoms with Crippen molar-refractivity contribution in [3.8, 4) is 11.5 Å². The quantitative estimate of drug-likeness (QED) is 0.912. The van der Waals surface area contributed by atoms with Gasteiger partial charge in [-0.1, -0.05) is 11.6 Å². The van der Waals surface area contributed by atoms with E-state index in [1.165, 1.54) is 0 Å². The predicted octanol–water partition coefficient (Wildman–Crippen LogP) is 2.95. The van der Waals surface area contributed by atoms with Gasteiger partial charge in [0, 0.05) is 25.0 Å². The average Bonchev–Trinajstić information content (AvgIpc) is 2.37. The van der Waals surface area contributed by atoms with E-state index < -0.39 is 0 Å². The molecule has 1 aromatic heterocycles. The van der Waals surface area contributed by atoms with Gasteiger partial charge < -0.3 is 14.8 Å². The van der Waals surface area contributed by atoms with Crippen LogP contribution in [0, 0.1) is 0 Å². The molecule has 90 valence electrons. The van der Waals surface area contributed by atoms with E-state index in [4.69, 9.17) is 21.1 Å².